The molecule has 3 aromatic heterocycles. The van der Waals surface area contributed by atoms with Gasteiger partial charge in [-0.1, -0.05) is 24.3 Å². The predicted molar refractivity (Wildman–Crippen MR) is 120 cm³/mol. The average molecular weight is 425 g/mol. The number of nitrogens with zero attached hydrogens (tertiary/aromatic N) is 5. The fourth-order valence-corrected chi connectivity index (χ4v) is 5.07. The summed E-state index contributed by atoms with van der Waals surface area (Å²) in [4.78, 5) is 19.7. The third-order valence-corrected chi connectivity index (χ3v) is 6.44. The van der Waals surface area contributed by atoms with Crippen LogP contribution in [-0.2, 0) is 13.1 Å². The van der Waals surface area contributed by atoms with Crippen LogP contribution in [-0.4, -0.2) is 37.7 Å². The normalized spacial score (nSPS) is 20.1. The van der Waals surface area contributed by atoms with Gasteiger partial charge in [0, 0.05) is 54.6 Å². The van der Waals surface area contributed by atoms with Crippen molar-refractivity contribution in [2.45, 2.75) is 25.4 Å². The molecule has 2 atom stereocenters. The van der Waals surface area contributed by atoms with Crippen molar-refractivity contribution in [1.82, 2.24) is 24.6 Å². The van der Waals surface area contributed by atoms with Gasteiger partial charge in [0.15, 0.2) is 0 Å². The molecule has 1 aromatic carbocycles. The minimum absolute atomic E-state index is 0.0655. The highest BCUT2D eigenvalue weighted by Crippen LogP contribution is 2.37. The van der Waals surface area contributed by atoms with E-state index in [1.54, 1.807) is 12.3 Å². The number of aromatic nitrogens is 4. The Morgan fingerprint density at radius 3 is 2.66 bits per heavy atom. The first kappa shape index (κ1) is 19.1. The third kappa shape index (κ3) is 3.54. The van der Waals surface area contributed by atoms with Crippen molar-refractivity contribution < 1.29 is 4.42 Å². The number of hydrogen-bond donors (Lipinski definition) is 0. The summed E-state index contributed by atoms with van der Waals surface area (Å²) >= 11 is 0. The highest BCUT2D eigenvalue weighted by atomic mass is 16.4. The Balaban J connectivity index is 1.25. The van der Waals surface area contributed by atoms with Gasteiger partial charge in [0.05, 0.1) is 12.2 Å². The van der Waals surface area contributed by atoms with E-state index in [4.69, 9.17) is 4.42 Å². The highest BCUT2D eigenvalue weighted by molar-refractivity contribution is 5.59. The van der Waals surface area contributed by atoms with Crippen LogP contribution in [0.1, 0.15) is 23.9 Å². The first-order valence-corrected chi connectivity index (χ1v) is 11.0. The molecule has 2 aliphatic rings. The average Bonchev–Trinajstić information content (AvgIpc) is 3.29. The van der Waals surface area contributed by atoms with Crippen LogP contribution in [0.4, 0.5) is 0 Å². The molecule has 0 aliphatic carbocycles. The van der Waals surface area contributed by atoms with Gasteiger partial charge >= 0.3 is 0 Å². The molecule has 1 fully saturated rings. The maximum Gasteiger partial charge on any atom is 0.251 e. The lowest BCUT2D eigenvalue weighted by molar-refractivity contribution is 0.106. The first-order chi connectivity index (χ1) is 15.7. The van der Waals surface area contributed by atoms with E-state index in [2.05, 4.69) is 26.1 Å². The summed E-state index contributed by atoms with van der Waals surface area (Å²) in [5.74, 6) is 1.92. The molecule has 5 heterocycles. The minimum Gasteiger partial charge on any atom is -0.419 e. The number of hydrogen-bond acceptors (Lipinski definition) is 6. The van der Waals surface area contributed by atoms with Crippen LogP contribution in [0.15, 0.2) is 76.1 Å². The molecule has 0 saturated carbocycles. The lowest BCUT2D eigenvalue weighted by atomic mass is 9.82. The molecule has 0 amide bonds. The van der Waals surface area contributed by atoms with Crippen LogP contribution < -0.4 is 5.56 Å². The van der Waals surface area contributed by atoms with Crippen molar-refractivity contribution in [2.24, 2.45) is 5.92 Å². The van der Waals surface area contributed by atoms with Crippen LogP contribution in [0.5, 0.6) is 0 Å². The van der Waals surface area contributed by atoms with E-state index in [9.17, 15) is 4.79 Å². The van der Waals surface area contributed by atoms with E-state index < -0.39 is 0 Å². The summed E-state index contributed by atoms with van der Waals surface area (Å²) in [5.41, 5.74) is 3.83. The van der Waals surface area contributed by atoms with E-state index in [1.807, 2.05) is 53.1 Å². The number of benzene rings is 1. The molecule has 4 aromatic rings. The molecule has 0 unspecified atom stereocenters. The molecule has 0 radical (unpaired) electrons. The Kier molecular flexibility index (Phi) is 4.69. The SMILES string of the molecule is O=c1cc(-c2ccccn2)cc2n1C[C@H]1C[C@@H]2CN(Cc2nnc(-c3ccccc3)o2)C1. The molecule has 7 nitrogen and oxygen atoms in total. The second-order valence-corrected chi connectivity index (χ2v) is 8.69. The number of pyridine rings is 2. The van der Waals surface area contributed by atoms with Crippen molar-refractivity contribution in [1.29, 1.82) is 0 Å². The fourth-order valence-electron chi connectivity index (χ4n) is 5.07. The molecular weight excluding hydrogens is 402 g/mol. The number of piperidine rings is 1. The Labute approximate surface area is 185 Å². The number of likely N-dealkylation sites (tertiary alicyclic amines) is 1. The van der Waals surface area contributed by atoms with Gasteiger partial charge in [-0.3, -0.25) is 14.7 Å². The van der Waals surface area contributed by atoms with Gasteiger partial charge in [0.2, 0.25) is 11.8 Å². The van der Waals surface area contributed by atoms with Crippen LogP contribution >= 0.6 is 0 Å². The monoisotopic (exact) mass is 425 g/mol. The summed E-state index contributed by atoms with van der Waals surface area (Å²) in [5, 5.41) is 8.49. The van der Waals surface area contributed by atoms with Crippen molar-refractivity contribution in [3.05, 3.63) is 88.8 Å². The van der Waals surface area contributed by atoms with Gasteiger partial charge in [0.25, 0.3) is 5.56 Å². The first-order valence-electron chi connectivity index (χ1n) is 11.0. The number of fused-ring (bicyclic) bond motifs is 4. The zero-order valence-electron chi connectivity index (χ0n) is 17.6. The minimum atomic E-state index is 0.0655. The largest absolute Gasteiger partial charge is 0.419 e. The van der Waals surface area contributed by atoms with E-state index in [1.165, 1.54) is 0 Å². The van der Waals surface area contributed by atoms with Crippen LogP contribution in [0.2, 0.25) is 0 Å². The van der Waals surface area contributed by atoms with Crippen molar-refractivity contribution in [3.63, 3.8) is 0 Å². The third-order valence-electron chi connectivity index (χ3n) is 6.44. The van der Waals surface area contributed by atoms with Gasteiger partial charge in [-0.2, -0.15) is 0 Å². The summed E-state index contributed by atoms with van der Waals surface area (Å²) in [6, 6.07) is 19.5. The van der Waals surface area contributed by atoms with Gasteiger partial charge in [0.1, 0.15) is 0 Å². The van der Waals surface area contributed by atoms with E-state index in [-0.39, 0.29) is 5.56 Å². The molecular formula is C25H23N5O2. The molecule has 2 bridgehead atoms. The maximum atomic E-state index is 12.9. The molecule has 7 heteroatoms. The second kappa shape index (κ2) is 7.84. The molecule has 1 saturated heterocycles. The summed E-state index contributed by atoms with van der Waals surface area (Å²) in [6.07, 6.45) is 2.86. The molecule has 2 aliphatic heterocycles. The van der Waals surface area contributed by atoms with Crippen molar-refractivity contribution in [3.8, 4) is 22.7 Å². The molecule has 32 heavy (non-hydrogen) atoms. The number of rotatable bonds is 4. The molecule has 0 N–H and O–H groups in total. The Hall–Kier alpha value is -3.58. The van der Waals surface area contributed by atoms with Crippen LogP contribution in [0, 0.1) is 5.92 Å². The van der Waals surface area contributed by atoms with Crippen molar-refractivity contribution in [2.75, 3.05) is 13.1 Å². The standard InChI is InChI=1S/C25H23N5O2/c31-24-12-19(21-8-4-5-9-26-21)11-22-20-10-17(14-30(22)24)13-29(15-20)16-23-27-28-25(32-23)18-6-2-1-3-7-18/h1-9,11-12,17,20H,10,13-16H2/t17-,20+/m0/s1. The van der Waals surface area contributed by atoms with Gasteiger partial charge < -0.3 is 8.98 Å². The second-order valence-electron chi connectivity index (χ2n) is 8.69. The Morgan fingerprint density at radius 1 is 0.938 bits per heavy atom. The lowest BCUT2D eigenvalue weighted by Crippen LogP contribution is -2.46. The maximum absolute atomic E-state index is 12.9. The van der Waals surface area contributed by atoms with E-state index >= 15 is 0 Å². The van der Waals surface area contributed by atoms with E-state index in [0.29, 0.717) is 30.2 Å². The summed E-state index contributed by atoms with van der Waals surface area (Å²) in [6.45, 7) is 3.16. The van der Waals surface area contributed by atoms with E-state index in [0.717, 1.165) is 48.6 Å². The van der Waals surface area contributed by atoms with Crippen LogP contribution in [0.3, 0.4) is 0 Å². The highest BCUT2D eigenvalue weighted by Gasteiger charge is 2.35. The summed E-state index contributed by atoms with van der Waals surface area (Å²) in [7, 11) is 0. The smallest absolute Gasteiger partial charge is 0.251 e. The zero-order chi connectivity index (χ0) is 21.5. The van der Waals surface area contributed by atoms with Gasteiger partial charge in [-0.15, -0.1) is 10.2 Å². The molecule has 0 spiro atoms. The lowest BCUT2D eigenvalue weighted by Gasteiger charge is -2.42. The quantitative estimate of drug-likeness (QED) is 0.497. The van der Waals surface area contributed by atoms with Gasteiger partial charge in [-0.05, 0) is 42.7 Å². The Bertz CT molecular complexity index is 1300. The van der Waals surface area contributed by atoms with Gasteiger partial charge in [-0.25, -0.2) is 0 Å². The fraction of sp³-hybridized carbons (Fsp3) is 0.280. The Morgan fingerprint density at radius 2 is 1.81 bits per heavy atom. The molecule has 6 rings (SSSR count). The topological polar surface area (TPSA) is 77.1 Å². The predicted octanol–water partition coefficient (Wildman–Crippen LogP) is 3.58. The zero-order valence-corrected chi connectivity index (χ0v) is 17.6. The summed E-state index contributed by atoms with van der Waals surface area (Å²) < 4.78 is 7.89. The van der Waals surface area contributed by atoms with Crippen molar-refractivity contribution >= 4 is 0 Å². The molecule has 160 valence electrons. The van der Waals surface area contributed by atoms with Crippen LogP contribution in [0.25, 0.3) is 22.7 Å².